The summed E-state index contributed by atoms with van der Waals surface area (Å²) in [5, 5.41) is 0. The molecule has 0 heterocycles. The highest BCUT2D eigenvalue weighted by molar-refractivity contribution is 5.78. The second-order valence-electron chi connectivity index (χ2n) is 6.40. The van der Waals surface area contributed by atoms with E-state index in [-0.39, 0.29) is 11.6 Å². The van der Waals surface area contributed by atoms with Gasteiger partial charge in [0.2, 0.25) is 0 Å². The van der Waals surface area contributed by atoms with Crippen LogP contribution in [0.1, 0.15) is 52.4 Å². The monoisotopic (exact) mass is 235 g/mol. The summed E-state index contributed by atoms with van der Waals surface area (Å²) in [4.78, 5) is 11.7. The van der Waals surface area contributed by atoms with Crippen molar-refractivity contribution in [1.82, 2.24) is 0 Å². The van der Waals surface area contributed by atoms with Crippen LogP contribution in [0.3, 0.4) is 0 Å². The molecule has 3 atom stereocenters. The number of ether oxygens (including phenoxy) is 1. The molecule has 0 aromatic rings. The molecule has 4 fully saturated rings. The molecule has 0 spiro atoms. The van der Waals surface area contributed by atoms with E-state index in [4.69, 9.17) is 4.74 Å². The maximum Gasteiger partial charge on any atom is 0.310 e. The molecule has 0 aromatic heterocycles. The van der Waals surface area contributed by atoms with Crippen LogP contribution in [0.15, 0.2) is 0 Å². The van der Waals surface area contributed by atoms with Crippen molar-refractivity contribution in [2.45, 2.75) is 58.0 Å². The van der Waals surface area contributed by atoms with Crippen molar-refractivity contribution < 1.29 is 9.53 Å². The Hall–Kier alpha value is -0.530. The van der Waals surface area contributed by atoms with Crippen molar-refractivity contribution in [2.75, 3.05) is 0 Å². The maximum atomic E-state index is 11.7. The van der Waals surface area contributed by atoms with E-state index in [9.17, 15) is 4.79 Å². The Balaban J connectivity index is 1.87. The Labute approximate surface area is 104 Å². The quantitative estimate of drug-likeness (QED) is 0.701. The van der Waals surface area contributed by atoms with Crippen molar-refractivity contribution in [1.29, 1.82) is 0 Å². The molecule has 0 saturated heterocycles. The van der Waals surface area contributed by atoms with Crippen LogP contribution < -0.4 is 0 Å². The Kier molecular flexibility index (Phi) is 2.72. The van der Waals surface area contributed by atoms with Crippen LogP contribution in [0.2, 0.25) is 0 Å². The number of carbonyl (C=O) groups is 1. The van der Waals surface area contributed by atoms with E-state index < -0.39 is 0 Å². The van der Waals surface area contributed by atoms with E-state index in [1.54, 1.807) is 13.3 Å². The first-order valence-corrected chi connectivity index (χ1v) is 7.19. The van der Waals surface area contributed by atoms with Crippen molar-refractivity contribution in [3.63, 3.8) is 0 Å². The molecule has 2 nitrogen and oxygen atoms in total. The molecular formula is C15H23O2. The van der Waals surface area contributed by atoms with E-state index in [0.29, 0.717) is 5.92 Å². The van der Waals surface area contributed by atoms with E-state index in [1.165, 1.54) is 25.7 Å². The number of esters is 1. The van der Waals surface area contributed by atoms with Gasteiger partial charge in [-0.3, -0.25) is 4.79 Å². The Morgan fingerprint density at radius 3 is 2.47 bits per heavy atom. The average Bonchev–Trinajstić information content (AvgIpc) is 2.27. The first-order valence-electron chi connectivity index (χ1n) is 7.19. The van der Waals surface area contributed by atoms with E-state index >= 15 is 0 Å². The molecule has 17 heavy (non-hydrogen) atoms. The number of carbonyl (C=O) groups excluding carboxylic acids is 1. The summed E-state index contributed by atoms with van der Waals surface area (Å²) < 4.78 is 5.91. The van der Waals surface area contributed by atoms with Gasteiger partial charge in [-0.15, -0.1) is 0 Å². The summed E-state index contributed by atoms with van der Waals surface area (Å²) >= 11 is 0. The van der Waals surface area contributed by atoms with Gasteiger partial charge in [-0.1, -0.05) is 13.8 Å². The van der Waals surface area contributed by atoms with Crippen LogP contribution in [-0.2, 0) is 9.53 Å². The summed E-state index contributed by atoms with van der Waals surface area (Å²) in [5.41, 5.74) is -0.0902. The highest BCUT2D eigenvalue weighted by atomic mass is 16.6. The molecule has 4 aliphatic rings. The third-order valence-electron chi connectivity index (χ3n) is 5.43. The molecule has 2 heteroatoms. The maximum absolute atomic E-state index is 11.7. The summed E-state index contributed by atoms with van der Waals surface area (Å²) in [6.07, 6.45) is 9.19. The molecule has 95 valence electrons. The Morgan fingerprint density at radius 1 is 1.29 bits per heavy atom. The molecule has 0 N–H and O–H groups in total. The second-order valence-corrected chi connectivity index (χ2v) is 6.40. The summed E-state index contributed by atoms with van der Waals surface area (Å²) in [6.45, 7) is 4.04. The molecule has 0 aliphatic heterocycles. The van der Waals surface area contributed by atoms with Gasteiger partial charge < -0.3 is 4.74 Å². The van der Waals surface area contributed by atoms with Gasteiger partial charge in [0.1, 0.15) is 5.60 Å². The minimum Gasteiger partial charge on any atom is -0.459 e. The van der Waals surface area contributed by atoms with E-state index in [2.05, 4.69) is 6.92 Å². The van der Waals surface area contributed by atoms with Gasteiger partial charge in [-0.05, 0) is 56.3 Å². The highest BCUT2D eigenvalue weighted by Crippen LogP contribution is 2.60. The molecule has 1 radical (unpaired) electrons. The fraction of sp³-hybridized carbons (Fsp3) is 0.867. The van der Waals surface area contributed by atoms with Gasteiger partial charge in [0.25, 0.3) is 0 Å². The normalized spacial score (nSPS) is 47.2. The lowest BCUT2D eigenvalue weighted by Gasteiger charge is -2.60. The fourth-order valence-electron chi connectivity index (χ4n) is 5.19. The number of hydrogen-bond donors (Lipinski definition) is 0. The topological polar surface area (TPSA) is 26.3 Å². The van der Waals surface area contributed by atoms with Crippen LogP contribution in [0.4, 0.5) is 0 Å². The summed E-state index contributed by atoms with van der Waals surface area (Å²) in [6, 6.07) is 0. The third kappa shape index (κ3) is 1.71. The van der Waals surface area contributed by atoms with Gasteiger partial charge in [0.05, 0.1) is 6.42 Å². The number of rotatable bonds is 3. The smallest absolute Gasteiger partial charge is 0.310 e. The van der Waals surface area contributed by atoms with Crippen LogP contribution >= 0.6 is 0 Å². The first kappa shape index (κ1) is 11.6. The lowest BCUT2D eigenvalue weighted by Crippen LogP contribution is -2.58. The molecular weight excluding hydrogens is 212 g/mol. The van der Waals surface area contributed by atoms with Crippen LogP contribution in [0, 0.1) is 30.1 Å². The average molecular weight is 235 g/mol. The van der Waals surface area contributed by atoms with Gasteiger partial charge in [-0.2, -0.15) is 0 Å². The number of hydrogen-bond acceptors (Lipinski definition) is 2. The zero-order valence-electron chi connectivity index (χ0n) is 10.9. The predicted octanol–water partition coefficient (Wildman–Crippen LogP) is 3.36. The van der Waals surface area contributed by atoms with Crippen molar-refractivity contribution >= 4 is 5.97 Å². The minimum absolute atomic E-state index is 0.0902. The highest BCUT2D eigenvalue weighted by Gasteiger charge is 2.58. The SMILES string of the molecule is C[CH]C(=O)OC12CC3CC(CC(C3)C1CC)C2. The van der Waals surface area contributed by atoms with Gasteiger partial charge in [0.15, 0.2) is 0 Å². The third-order valence-corrected chi connectivity index (χ3v) is 5.43. The fourth-order valence-corrected chi connectivity index (χ4v) is 5.19. The lowest BCUT2D eigenvalue weighted by molar-refractivity contribution is -0.205. The Morgan fingerprint density at radius 2 is 1.94 bits per heavy atom. The van der Waals surface area contributed by atoms with Crippen LogP contribution in [0.25, 0.3) is 0 Å². The standard InChI is InChI=1S/C15H23O2/c1-3-13-12-6-10-5-11(7-12)9-15(13,8-10)17-14(16)4-2/h4,10-13H,3,5-9H2,1-2H3. The van der Waals surface area contributed by atoms with E-state index in [0.717, 1.165) is 30.6 Å². The van der Waals surface area contributed by atoms with Crippen molar-refractivity contribution in [3.05, 3.63) is 6.42 Å². The van der Waals surface area contributed by atoms with Gasteiger partial charge in [-0.25, -0.2) is 0 Å². The zero-order chi connectivity index (χ0) is 12.0. The van der Waals surface area contributed by atoms with Crippen molar-refractivity contribution in [2.24, 2.45) is 23.7 Å². The van der Waals surface area contributed by atoms with Crippen LogP contribution in [0.5, 0.6) is 0 Å². The summed E-state index contributed by atoms with van der Waals surface area (Å²) in [7, 11) is 0. The molecule has 0 amide bonds. The first-order chi connectivity index (χ1) is 8.16. The largest absolute Gasteiger partial charge is 0.459 e. The van der Waals surface area contributed by atoms with Crippen molar-refractivity contribution in [3.8, 4) is 0 Å². The molecule has 3 unspecified atom stereocenters. The molecule has 4 saturated carbocycles. The molecule has 4 rings (SSSR count). The second kappa shape index (κ2) is 4.00. The lowest BCUT2D eigenvalue weighted by atomic mass is 9.49. The van der Waals surface area contributed by atoms with E-state index in [1.807, 2.05) is 0 Å². The molecule has 4 aliphatic carbocycles. The minimum atomic E-state index is -0.106. The van der Waals surface area contributed by atoms with Gasteiger partial charge >= 0.3 is 5.97 Å². The summed E-state index contributed by atoms with van der Waals surface area (Å²) in [5.74, 6) is 3.01. The van der Waals surface area contributed by atoms with Gasteiger partial charge in [0, 0.05) is 5.92 Å². The molecule has 4 bridgehead atoms. The van der Waals surface area contributed by atoms with Crippen LogP contribution in [-0.4, -0.2) is 11.6 Å². The Bertz CT molecular complexity index is 309. The predicted molar refractivity (Wildman–Crippen MR) is 66.1 cm³/mol. The zero-order valence-corrected chi connectivity index (χ0v) is 10.9. The molecule has 0 aromatic carbocycles.